The first-order valence-corrected chi connectivity index (χ1v) is 5.90. The van der Waals surface area contributed by atoms with Gasteiger partial charge in [0.15, 0.2) is 0 Å². The third-order valence-electron chi connectivity index (χ3n) is 3.31. The van der Waals surface area contributed by atoms with Crippen molar-refractivity contribution in [2.24, 2.45) is 17.6 Å². The Bertz CT molecular complexity index is 253. The predicted molar refractivity (Wildman–Crippen MR) is 62.2 cm³/mol. The van der Waals surface area contributed by atoms with Gasteiger partial charge in [-0.05, 0) is 45.1 Å². The van der Waals surface area contributed by atoms with E-state index in [0.29, 0.717) is 24.0 Å². The van der Waals surface area contributed by atoms with Gasteiger partial charge in [-0.1, -0.05) is 0 Å². The van der Waals surface area contributed by atoms with Crippen molar-refractivity contribution >= 4 is 5.78 Å². The molecule has 1 aliphatic carbocycles. The first kappa shape index (κ1) is 12.3. The second kappa shape index (κ2) is 6.63. The molecule has 0 atom stereocenters. The van der Waals surface area contributed by atoms with Crippen LogP contribution in [0.25, 0.3) is 0 Å². The lowest BCUT2D eigenvalue weighted by Crippen LogP contribution is -2.25. The monoisotopic (exact) mass is 207 g/mol. The van der Waals surface area contributed by atoms with Gasteiger partial charge >= 0.3 is 0 Å². The van der Waals surface area contributed by atoms with Gasteiger partial charge in [-0.15, -0.1) is 11.8 Å². The van der Waals surface area contributed by atoms with Crippen molar-refractivity contribution in [3.05, 3.63) is 0 Å². The van der Waals surface area contributed by atoms with Gasteiger partial charge in [0.2, 0.25) is 0 Å². The Morgan fingerprint density at radius 1 is 1.33 bits per heavy atom. The number of hydrogen-bond acceptors (Lipinski definition) is 2. The van der Waals surface area contributed by atoms with Crippen molar-refractivity contribution in [2.45, 2.75) is 45.4 Å². The van der Waals surface area contributed by atoms with Crippen LogP contribution >= 0.6 is 0 Å². The fourth-order valence-electron chi connectivity index (χ4n) is 2.23. The highest BCUT2D eigenvalue weighted by Gasteiger charge is 2.24. The molecule has 84 valence electrons. The smallest absolute Gasteiger partial charge is 0.136 e. The van der Waals surface area contributed by atoms with Gasteiger partial charge in [0.25, 0.3) is 0 Å². The van der Waals surface area contributed by atoms with E-state index in [-0.39, 0.29) is 0 Å². The SMILES string of the molecule is CC#CCCC(=O)C1CCC(CN)CC1. The van der Waals surface area contributed by atoms with Crippen LogP contribution in [0.3, 0.4) is 0 Å². The molecule has 1 saturated carbocycles. The Morgan fingerprint density at radius 3 is 2.53 bits per heavy atom. The molecule has 0 heterocycles. The normalized spacial score (nSPS) is 25.5. The fraction of sp³-hybridized carbons (Fsp3) is 0.769. The Hall–Kier alpha value is -0.810. The van der Waals surface area contributed by atoms with Crippen molar-refractivity contribution in [3.63, 3.8) is 0 Å². The van der Waals surface area contributed by atoms with E-state index in [2.05, 4.69) is 11.8 Å². The lowest BCUT2D eigenvalue weighted by Gasteiger charge is -2.26. The van der Waals surface area contributed by atoms with E-state index in [1.54, 1.807) is 0 Å². The van der Waals surface area contributed by atoms with Crippen LogP contribution < -0.4 is 5.73 Å². The fourth-order valence-corrected chi connectivity index (χ4v) is 2.23. The topological polar surface area (TPSA) is 43.1 Å². The van der Waals surface area contributed by atoms with E-state index in [0.717, 1.165) is 38.6 Å². The van der Waals surface area contributed by atoms with Gasteiger partial charge in [0, 0.05) is 18.8 Å². The molecule has 0 unspecified atom stereocenters. The van der Waals surface area contributed by atoms with Crippen LogP contribution in [0.4, 0.5) is 0 Å². The molecule has 2 heteroatoms. The summed E-state index contributed by atoms with van der Waals surface area (Å²) >= 11 is 0. The Balaban J connectivity index is 2.25. The Labute approximate surface area is 92.6 Å². The van der Waals surface area contributed by atoms with Crippen molar-refractivity contribution in [1.29, 1.82) is 0 Å². The average molecular weight is 207 g/mol. The maximum Gasteiger partial charge on any atom is 0.136 e. The quantitative estimate of drug-likeness (QED) is 0.718. The van der Waals surface area contributed by atoms with Gasteiger partial charge in [-0.2, -0.15) is 0 Å². The molecule has 15 heavy (non-hydrogen) atoms. The van der Waals surface area contributed by atoms with Crippen molar-refractivity contribution in [1.82, 2.24) is 0 Å². The maximum atomic E-state index is 11.8. The zero-order valence-corrected chi connectivity index (χ0v) is 9.59. The largest absolute Gasteiger partial charge is 0.330 e. The molecule has 0 amide bonds. The van der Waals surface area contributed by atoms with Gasteiger partial charge in [0.05, 0.1) is 0 Å². The standard InChI is InChI=1S/C13H21NO/c1-2-3-4-5-13(15)12-8-6-11(10-14)7-9-12/h11-12H,4-10,14H2,1H3. The summed E-state index contributed by atoms with van der Waals surface area (Å²) in [6.45, 7) is 2.60. The van der Waals surface area contributed by atoms with Crippen LogP contribution in [0.15, 0.2) is 0 Å². The number of ketones is 1. The summed E-state index contributed by atoms with van der Waals surface area (Å²) in [6, 6.07) is 0. The third-order valence-corrected chi connectivity index (χ3v) is 3.31. The number of hydrogen-bond donors (Lipinski definition) is 1. The summed E-state index contributed by atoms with van der Waals surface area (Å²) in [5.74, 6) is 7.14. The number of rotatable bonds is 4. The molecule has 1 rings (SSSR count). The van der Waals surface area contributed by atoms with Crippen LogP contribution in [0, 0.1) is 23.7 Å². The number of nitrogens with two attached hydrogens (primary N) is 1. The summed E-state index contributed by atoms with van der Waals surface area (Å²) in [7, 11) is 0. The molecule has 0 radical (unpaired) electrons. The second-order valence-electron chi connectivity index (χ2n) is 4.35. The average Bonchev–Trinajstić information content (AvgIpc) is 2.29. The molecule has 0 spiro atoms. The van der Waals surface area contributed by atoms with E-state index >= 15 is 0 Å². The number of carbonyl (C=O) groups is 1. The molecular formula is C13H21NO. The summed E-state index contributed by atoms with van der Waals surface area (Å²) in [5.41, 5.74) is 5.62. The Morgan fingerprint density at radius 2 is 2.00 bits per heavy atom. The molecule has 0 bridgehead atoms. The van der Waals surface area contributed by atoms with Crippen molar-refractivity contribution in [2.75, 3.05) is 6.54 Å². The molecule has 2 N–H and O–H groups in total. The summed E-state index contributed by atoms with van der Waals surface area (Å²) < 4.78 is 0. The van der Waals surface area contributed by atoms with Gasteiger partial charge in [-0.3, -0.25) is 4.79 Å². The van der Waals surface area contributed by atoms with E-state index in [1.165, 1.54) is 0 Å². The van der Waals surface area contributed by atoms with Crippen LogP contribution in [0.1, 0.15) is 45.4 Å². The van der Waals surface area contributed by atoms with Gasteiger partial charge in [-0.25, -0.2) is 0 Å². The number of carbonyl (C=O) groups excluding carboxylic acids is 1. The van der Waals surface area contributed by atoms with Crippen LogP contribution in [-0.2, 0) is 4.79 Å². The Kier molecular flexibility index (Phi) is 5.42. The molecular weight excluding hydrogens is 186 g/mol. The zero-order valence-electron chi connectivity index (χ0n) is 9.59. The molecule has 2 nitrogen and oxygen atoms in total. The van der Waals surface area contributed by atoms with Gasteiger partial charge in [0.1, 0.15) is 5.78 Å². The molecule has 0 aliphatic heterocycles. The molecule has 0 aromatic carbocycles. The maximum absolute atomic E-state index is 11.8. The summed E-state index contributed by atoms with van der Waals surface area (Å²) in [6.07, 6.45) is 5.71. The minimum absolute atomic E-state index is 0.298. The lowest BCUT2D eigenvalue weighted by molar-refractivity contribution is -0.123. The van der Waals surface area contributed by atoms with E-state index < -0.39 is 0 Å². The molecule has 0 saturated heterocycles. The van der Waals surface area contributed by atoms with Crippen molar-refractivity contribution < 1.29 is 4.79 Å². The highest BCUT2D eigenvalue weighted by Crippen LogP contribution is 2.29. The van der Waals surface area contributed by atoms with Crippen molar-refractivity contribution in [3.8, 4) is 11.8 Å². The van der Waals surface area contributed by atoms with E-state index in [1.807, 2.05) is 6.92 Å². The van der Waals surface area contributed by atoms with Crippen LogP contribution in [0.2, 0.25) is 0 Å². The first-order valence-electron chi connectivity index (χ1n) is 5.90. The highest BCUT2D eigenvalue weighted by atomic mass is 16.1. The van der Waals surface area contributed by atoms with E-state index in [4.69, 9.17) is 5.73 Å². The summed E-state index contributed by atoms with van der Waals surface area (Å²) in [4.78, 5) is 11.8. The minimum Gasteiger partial charge on any atom is -0.330 e. The van der Waals surface area contributed by atoms with E-state index in [9.17, 15) is 4.79 Å². The molecule has 0 aromatic rings. The van der Waals surface area contributed by atoms with Crippen LogP contribution in [-0.4, -0.2) is 12.3 Å². The van der Waals surface area contributed by atoms with Crippen LogP contribution in [0.5, 0.6) is 0 Å². The molecule has 1 aliphatic rings. The first-order chi connectivity index (χ1) is 7.27. The summed E-state index contributed by atoms with van der Waals surface area (Å²) in [5, 5.41) is 0. The predicted octanol–water partition coefficient (Wildman–Crippen LogP) is 2.12. The van der Waals surface area contributed by atoms with Gasteiger partial charge < -0.3 is 5.73 Å². The number of Topliss-reactive ketones (excluding diaryl/α,β-unsaturated/α-hetero) is 1. The second-order valence-corrected chi connectivity index (χ2v) is 4.35. The third kappa shape index (κ3) is 4.05. The molecule has 1 fully saturated rings. The zero-order chi connectivity index (χ0) is 11.1. The minimum atomic E-state index is 0.298. The highest BCUT2D eigenvalue weighted by molar-refractivity contribution is 5.81. The lowest BCUT2D eigenvalue weighted by atomic mass is 9.79. The molecule has 0 aromatic heterocycles.